The Labute approximate surface area is 107 Å². The van der Waals surface area contributed by atoms with E-state index in [1.807, 2.05) is 13.8 Å². The lowest BCUT2D eigenvalue weighted by atomic mass is 9.77. The van der Waals surface area contributed by atoms with E-state index >= 15 is 0 Å². The van der Waals surface area contributed by atoms with Crippen molar-refractivity contribution in [3.8, 4) is 0 Å². The molecular weight excluding hydrogens is 236 g/mol. The van der Waals surface area contributed by atoms with Gasteiger partial charge in [-0.3, -0.25) is 4.79 Å². The van der Waals surface area contributed by atoms with Crippen LogP contribution in [-0.2, 0) is 14.3 Å². The first-order valence-corrected chi connectivity index (χ1v) is 6.15. The number of carbonyl (C=O) groups excluding carboxylic acids is 2. The summed E-state index contributed by atoms with van der Waals surface area (Å²) in [7, 11) is 1.19. The Morgan fingerprint density at radius 2 is 2.22 bits per heavy atom. The fraction of sp³-hybridized carbons (Fsp3) is 0.833. The second-order valence-corrected chi connectivity index (χ2v) is 5.26. The molecule has 0 aromatic carbocycles. The van der Waals surface area contributed by atoms with Gasteiger partial charge in [0, 0.05) is 0 Å². The van der Waals surface area contributed by atoms with Crippen LogP contribution in [0.5, 0.6) is 0 Å². The number of aliphatic hydroxyl groups is 1. The van der Waals surface area contributed by atoms with E-state index < -0.39 is 12.1 Å². The average molecular weight is 258 g/mol. The molecule has 0 spiro atoms. The van der Waals surface area contributed by atoms with Gasteiger partial charge in [-0.15, -0.1) is 0 Å². The summed E-state index contributed by atoms with van der Waals surface area (Å²) in [5.41, 5.74) is -0.126. The predicted molar refractivity (Wildman–Crippen MR) is 65.8 cm³/mol. The molecule has 3 N–H and O–H groups in total. The van der Waals surface area contributed by atoms with Crippen molar-refractivity contribution in [1.29, 1.82) is 0 Å². The van der Waals surface area contributed by atoms with Crippen LogP contribution >= 0.6 is 0 Å². The van der Waals surface area contributed by atoms with Gasteiger partial charge in [0.05, 0.1) is 19.7 Å². The minimum atomic E-state index is -1.31. The molecule has 1 amide bonds. The van der Waals surface area contributed by atoms with Crippen molar-refractivity contribution in [1.82, 2.24) is 10.6 Å². The number of ether oxygens (including phenoxy) is 1. The maximum atomic E-state index is 12.0. The first-order valence-electron chi connectivity index (χ1n) is 6.15. The monoisotopic (exact) mass is 258 g/mol. The lowest BCUT2D eigenvalue weighted by Crippen LogP contribution is -2.56. The molecule has 6 heteroatoms. The molecule has 0 bridgehead atoms. The zero-order valence-electron chi connectivity index (χ0n) is 11.2. The van der Waals surface area contributed by atoms with E-state index in [0.29, 0.717) is 0 Å². The first kappa shape index (κ1) is 14.9. The molecule has 1 saturated heterocycles. The topological polar surface area (TPSA) is 87.7 Å². The maximum Gasteiger partial charge on any atom is 0.336 e. The standard InChI is InChI=1S/C12H22N2O4/c1-12(2)5-4-6-13-9(12)10(16)14-7-8(15)11(17)18-3/h8-9,13,15H,4-7H2,1-3H3,(H,14,16). The largest absolute Gasteiger partial charge is 0.467 e. The predicted octanol–water partition coefficient (Wildman–Crippen LogP) is -0.585. The molecule has 0 aromatic rings. The fourth-order valence-corrected chi connectivity index (χ4v) is 2.18. The van der Waals surface area contributed by atoms with Crippen molar-refractivity contribution < 1.29 is 19.4 Å². The Kier molecular flexibility index (Phi) is 5.10. The number of nitrogens with one attached hydrogen (secondary N) is 2. The van der Waals surface area contributed by atoms with Crippen molar-refractivity contribution in [3.63, 3.8) is 0 Å². The van der Waals surface area contributed by atoms with Gasteiger partial charge >= 0.3 is 5.97 Å². The van der Waals surface area contributed by atoms with E-state index in [4.69, 9.17) is 0 Å². The lowest BCUT2D eigenvalue weighted by molar-refractivity contribution is -0.150. The number of hydrogen-bond acceptors (Lipinski definition) is 5. The van der Waals surface area contributed by atoms with Crippen LogP contribution in [0.1, 0.15) is 26.7 Å². The molecule has 1 fully saturated rings. The van der Waals surface area contributed by atoms with Gasteiger partial charge in [0.2, 0.25) is 5.91 Å². The summed E-state index contributed by atoms with van der Waals surface area (Å²) < 4.78 is 4.37. The number of methoxy groups -OCH3 is 1. The van der Waals surface area contributed by atoms with Gasteiger partial charge in [-0.2, -0.15) is 0 Å². The molecule has 0 aromatic heterocycles. The molecule has 1 aliphatic rings. The minimum Gasteiger partial charge on any atom is -0.467 e. The summed E-state index contributed by atoms with van der Waals surface area (Å²) in [4.78, 5) is 23.0. The van der Waals surface area contributed by atoms with E-state index in [1.54, 1.807) is 0 Å². The molecular formula is C12H22N2O4. The highest BCUT2D eigenvalue weighted by atomic mass is 16.5. The van der Waals surface area contributed by atoms with Gasteiger partial charge in [-0.25, -0.2) is 4.79 Å². The highest BCUT2D eigenvalue weighted by Crippen LogP contribution is 2.29. The quantitative estimate of drug-likeness (QED) is 0.587. The second kappa shape index (κ2) is 6.15. The van der Waals surface area contributed by atoms with Gasteiger partial charge < -0.3 is 20.5 Å². The third kappa shape index (κ3) is 3.68. The van der Waals surface area contributed by atoms with Crippen LogP contribution in [-0.4, -0.2) is 49.3 Å². The van der Waals surface area contributed by atoms with Crippen LogP contribution in [0, 0.1) is 5.41 Å². The number of esters is 1. The smallest absolute Gasteiger partial charge is 0.336 e. The van der Waals surface area contributed by atoms with Crippen molar-refractivity contribution in [3.05, 3.63) is 0 Å². The van der Waals surface area contributed by atoms with E-state index in [2.05, 4.69) is 15.4 Å². The van der Waals surface area contributed by atoms with Crippen LogP contribution in [0.4, 0.5) is 0 Å². The first-order chi connectivity index (χ1) is 8.38. The summed E-state index contributed by atoms with van der Waals surface area (Å²) in [6.07, 6.45) is 0.699. The molecule has 2 atom stereocenters. The number of rotatable bonds is 4. The molecule has 1 aliphatic heterocycles. The maximum absolute atomic E-state index is 12.0. The summed E-state index contributed by atoms with van der Waals surface area (Å²) in [6.45, 7) is 4.74. The van der Waals surface area contributed by atoms with Gasteiger partial charge in [0.25, 0.3) is 0 Å². The summed E-state index contributed by atoms with van der Waals surface area (Å²) >= 11 is 0. The van der Waals surface area contributed by atoms with Gasteiger partial charge in [-0.05, 0) is 24.8 Å². The Bertz CT molecular complexity index is 317. The van der Waals surface area contributed by atoms with E-state index in [1.165, 1.54) is 7.11 Å². The van der Waals surface area contributed by atoms with Gasteiger partial charge in [0.15, 0.2) is 6.10 Å². The van der Waals surface area contributed by atoms with Crippen LogP contribution in [0.25, 0.3) is 0 Å². The zero-order valence-corrected chi connectivity index (χ0v) is 11.2. The third-order valence-electron chi connectivity index (χ3n) is 3.33. The van der Waals surface area contributed by atoms with E-state index in [0.717, 1.165) is 19.4 Å². The van der Waals surface area contributed by atoms with Crippen molar-refractivity contribution in [2.75, 3.05) is 20.2 Å². The highest BCUT2D eigenvalue weighted by molar-refractivity contribution is 5.83. The molecule has 0 aliphatic carbocycles. The number of amides is 1. The number of carbonyl (C=O) groups is 2. The summed E-state index contributed by atoms with van der Waals surface area (Å²) in [5.74, 6) is -0.936. The molecule has 0 radical (unpaired) electrons. The highest BCUT2D eigenvalue weighted by Gasteiger charge is 2.37. The Morgan fingerprint density at radius 3 is 2.78 bits per heavy atom. The third-order valence-corrected chi connectivity index (χ3v) is 3.33. The van der Waals surface area contributed by atoms with Crippen LogP contribution in [0.15, 0.2) is 0 Å². The van der Waals surface area contributed by atoms with Crippen molar-refractivity contribution >= 4 is 11.9 Å². The molecule has 104 valence electrons. The number of aliphatic hydroxyl groups excluding tert-OH is 1. The Hall–Kier alpha value is -1.14. The van der Waals surface area contributed by atoms with E-state index in [-0.39, 0.29) is 23.9 Å². The average Bonchev–Trinajstić information content (AvgIpc) is 2.33. The molecule has 2 unspecified atom stereocenters. The van der Waals surface area contributed by atoms with Gasteiger partial charge in [-0.1, -0.05) is 13.8 Å². The van der Waals surface area contributed by atoms with Crippen molar-refractivity contribution in [2.24, 2.45) is 5.41 Å². The number of hydrogen-bond donors (Lipinski definition) is 3. The fourth-order valence-electron chi connectivity index (χ4n) is 2.18. The van der Waals surface area contributed by atoms with Gasteiger partial charge in [0.1, 0.15) is 0 Å². The minimum absolute atomic E-state index is 0.125. The van der Waals surface area contributed by atoms with Crippen LogP contribution in [0.2, 0.25) is 0 Å². The lowest BCUT2D eigenvalue weighted by Gasteiger charge is -2.38. The SMILES string of the molecule is COC(=O)C(O)CNC(=O)C1NCCCC1(C)C. The molecule has 6 nitrogen and oxygen atoms in total. The Balaban J connectivity index is 2.47. The molecule has 18 heavy (non-hydrogen) atoms. The zero-order chi connectivity index (χ0) is 13.8. The van der Waals surface area contributed by atoms with Crippen LogP contribution in [0.3, 0.4) is 0 Å². The molecule has 1 rings (SSSR count). The van der Waals surface area contributed by atoms with Crippen molar-refractivity contribution in [2.45, 2.75) is 38.8 Å². The second-order valence-electron chi connectivity index (χ2n) is 5.26. The van der Waals surface area contributed by atoms with Crippen LogP contribution < -0.4 is 10.6 Å². The molecule has 1 heterocycles. The number of piperidine rings is 1. The normalized spacial score (nSPS) is 24.1. The molecule has 0 saturated carbocycles. The summed E-state index contributed by atoms with van der Waals surface area (Å²) in [6, 6.07) is -0.295. The summed E-state index contributed by atoms with van der Waals surface area (Å²) in [5, 5.41) is 15.1. The Morgan fingerprint density at radius 1 is 1.56 bits per heavy atom. The van der Waals surface area contributed by atoms with E-state index in [9.17, 15) is 14.7 Å².